The molecule has 0 bridgehead atoms. The molecule has 0 spiro atoms. The molecule has 0 atom stereocenters. The van der Waals surface area contributed by atoms with Crippen molar-refractivity contribution in [1.29, 1.82) is 0 Å². The van der Waals surface area contributed by atoms with Gasteiger partial charge >= 0.3 is 0 Å². The van der Waals surface area contributed by atoms with Gasteiger partial charge < -0.3 is 0 Å². The number of fused-ring (bicyclic) bond motifs is 1. The first-order chi connectivity index (χ1) is 9.65. The van der Waals surface area contributed by atoms with E-state index in [0.717, 1.165) is 16.5 Å². The largest absolute Gasteiger partial charge is 0.240 e. The summed E-state index contributed by atoms with van der Waals surface area (Å²) < 4.78 is 0. The third-order valence-electron chi connectivity index (χ3n) is 3.55. The van der Waals surface area contributed by atoms with Gasteiger partial charge in [-0.25, -0.2) is 9.97 Å². The smallest absolute Gasteiger partial charge is 0.116 e. The maximum atomic E-state index is 5.93. The van der Waals surface area contributed by atoms with Crippen LogP contribution in [0.4, 0.5) is 0 Å². The molecule has 2 aromatic carbocycles. The summed E-state index contributed by atoms with van der Waals surface area (Å²) in [5.41, 5.74) is 5.07. The summed E-state index contributed by atoms with van der Waals surface area (Å²) in [6, 6.07) is 14.7. The second kappa shape index (κ2) is 5.04. The van der Waals surface area contributed by atoms with Gasteiger partial charge in [0, 0.05) is 12.3 Å². The van der Waals surface area contributed by atoms with Gasteiger partial charge in [0.2, 0.25) is 0 Å². The first kappa shape index (κ1) is 12.8. The Morgan fingerprint density at radius 2 is 1.75 bits per heavy atom. The lowest BCUT2D eigenvalue weighted by molar-refractivity contribution is 0.867. The molecule has 3 aromatic rings. The zero-order valence-electron chi connectivity index (χ0n) is 11.7. The number of hydrogen-bond acceptors (Lipinski definition) is 2. The highest BCUT2D eigenvalue weighted by Crippen LogP contribution is 2.27. The fourth-order valence-corrected chi connectivity index (χ4v) is 2.33. The van der Waals surface area contributed by atoms with E-state index in [1.54, 1.807) is 0 Å². The summed E-state index contributed by atoms with van der Waals surface area (Å²) in [7, 11) is 0. The molecule has 2 radical (unpaired) electrons. The van der Waals surface area contributed by atoms with E-state index < -0.39 is 0 Å². The predicted molar refractivity (Wildman–Crippen MR) is 82.5 cm³/mol. The molecule has 20 heavy (non-hydrogen) atoms. The third-order valence-corrected chi connectivity index (χ3v) is 3.55. The van der Waals surface area contributed by atoms with Crippen LogP contribution in [0.3, 0.4) is 0 Å². The number of aromatic nitrogens is 2. The van der Waals surface area contributed by atoms with Crippen molar-refractivity contribution in [1.82, 2.24) is 9.97 Å². The van der Waals surface area contributed by atoms with Crippen molar-refractivity contribution in [2.45, 2.75) is 19.8 Å². The molecule has 0 N–H and O–H groups in total. The van der Waals surface area contributed by atoms with Gasteiger partial charge in [0.05, 0.1) is 11.2 Å². The first-order valence-electron chi connectivity index (χ1n) is 6.76. The Kier molecular flexibility index (Phi) is 3.23. The second-order valence-electron chi connectivity index (χ2n) is 5.27. The summed E-state index contributed by atoms with van der Waals surface area (Å²) in [6.45, 7) is 10.3. The van der Waals surface area contributed by atoms with Crippen LogP contribution in [0.15, 0.2) is 48.8 Å². The van der Waals surface area contributed by atoms with Crippen molar-refractivity contribution in [3.05, 3.63) is 67.0 Å². The van der Waals surface area contributed by atoms with Crippen LogP contribution in [-0.4, -0.2) is 9.97 Å². The maximum Gasteiger partial charge on any atom is 0.116 e. The highest BCUT2D eigenvalue weighted by molar-refractivity contribution is 5.86. The van der Waals surface area contributed by atoms with Crippen molar-refractivity contribution in [2.24, 2.45) is 0 Å². The highest BCUT2D eigenvalue weighted by atomic mass is 14.8. The summed E-state index contributed by atoms with van der Waals surface area (Å²) in [5.74, 6) is 0.517. The molecule has 0 unspecified atom stereocenters. The van der Waals surface area contributed by atoms with Crippen LogP contribution in [-0.2, 0) is 0 Å². The number of nitrogens with zero attached hydrogens (tertiary/aromatic N) is 2. The van der Waals surface area contributed by atoms with Crippen molar-refractivity contribution in [3.8, 4) is 11.1 Å². The summed E-state index contributed by atoms with van der Waals surface area (Å²) in [5, 5.41) is 0.903. The Morgan fingerprint density at radius 1 is 0.950 bits per heavy atom. The Morgan fingerprint density at radius 3 is 2.55 bits per heavy atom. The van der Waals surface area contributed by atoms with Gasteiger partial charge in [0.1, 0.15) is 6.33 Å². The zero-order valence-corrected chi connectivity index (χ0v) is 11.7. The minimum atomic E-state index is 0.517. The quantitative estimate of drug-likeness (QED) is 0.679. The van der Waals surface area contributed by atoms with Crippen LogP contribution in [0.2, 0.25) is 0 Å². The van der Waals surface area contributed by atoms with Gasteiger partial charge in [-0.2, -0.15) is 0 Å². The molecule has 2 nitrogen and oxygen atoms in total. The molecule has 0 saturated heterocycles. The average molecular weight is 260 g/mol. The topological polar surface area (TPSA) is 25.8 Å². The van der Waals surface area contributed by atoms with Crippen LogP contribution in [0.1, 0.15) is 31.0 Å². The van der Waals surface area contributed by atoms with Crippen LogP contribution >= 0.6 is 0 Å². The maximum absolute atomic E-state index is 5.93. The molecule has 0 aliphatic carbocycles. The van der Waals surface area contributed by atoms with Gasteiger partial charge in [0.15, 0.2) is 0 Å². The number of benzene rings is 2. The first-order valence-corrected chi connectivity index (χ1v) is 6.76. The zero-order chi connectivity index (χ0) is 14.1. The van der Waals surface area contributed by atoms with E-state index in [2.05, 4.69) is 60.2 Å². The van der Waals surface area contributed by atoms with Gasteiger partial charge in [-0.3, -0.25) is 0 Å². The van der Waals surface area contributed by atoms with E-state index in [-0.39, 0.29) is 0 Å². The minimum Gasteiger partial charge on any atom is -0.240 e. The van der Waals surface area contributed by atoms with Crippen LogP contribution < -0.4 is 0 Å². The third kappa shape index (κ3) is 2.29. The molecule has 1 heterocycles. The molecule has 0 aliphatic rings. The Bertz CT molecular complexity index is 760. The molecular weight excluding hydrogens is 244 g/mol. The molecule has 0 aliphatic heterocycles. The molecule has 3 rings (SSSR count). The van der Waals surface area contributed by atoms with Crippen molar-refractivity contribution in [2.75, 3.05) is 0 Å². The van der Waals surface area contributed by atoms with Gasteiger partial charge in [-0.15, -0.1) is 0 Å². The van der Waals surface area contributed by atoms with Crippen molar-refractivity contribution >= 4 is 10.9 Å². The lowest BCUT2D eigenvalue weighted by atomic mass is 9.96. The van der Waals surface area contributed by atoms with Gasteiger partial charge in [-0.05, 0) is 34.7 Å². The lowest BCUT2D eigenvalue weighted by Crippen LogP contribution is -1.90. The lowest BCUT2D eigenvalue weighted by Gasteiger charge is -2.09. The normalized spacial score (nSPS) is 11.2. The Labute approximate surface area is 119 Å². The van der Waals surface area contributed by atoms with Gasteiger partial charge in [-0.1, -0.05) is 44.2 Å². The Balaban J connectivity index is 2.15. The molecule has 0 saturated carbocycles. The molecule has 98 valence electrons. The van der Waals surface area contributed by atoms with E-state index in [4.69, 9.17) is 6.92 Å². The van der Waals surface area contributed by atoms with Crippen LogP contribution in [0.25, 0.3) is 22.0 Å². The van der Waals surface area contributed by atoms with Gasteiger partial charge in [0.25, 0.3) is 0 Å². The van der Waals surface area contributed by atoms with Crippen molar-refractivity contribution in [3.63, 3.8) is 0 Å². The van der Waals surface area contributed by atoms with E-state index in [0.29, 0.717) is 11.6 Å². The van der Waals surface area contributed by atoms with E-state index in [1.165, 1.54) is 17.5 Å². The minimum absolute atomic E-state index is 0.517. The number of rotatable bonds is 2. The molecule has 0 fully saturated rings. The molecule has 2 heteroatoms. The summed E-state index contributed by atoms with van der Waals surface area (Å²) >= 11 is 0. The van der Waals surface area contributed by atoms with Crippen LogP contribution in [0.5, 0.6) is 0 Å². The monoisotopic (exact) mass is 260 g/mol. The highest BCUT2D eigenvalue weighted by Gasteiger charge is 2.05. The van der Waals surface area contributed by atoms with Crippen LogP contribution in [0, 0.1) is 6.92 Å². The van der Waals surface area contributed by atoms with E-state index in [1.807, 2.05) is 6.07 Å². The summed E-state index contributed by atoms with van der Waals surface area (Å²) in [6.07, 6.45) is 1.50. The fourth-order valence-electron chi connectivity index (χ4n) is 2.33. The predicted octanol–water partition coefficient (Wildman–Crippen LogP) is 4.48. The van der Waals surface area contributed by atoms with E-state index >= 15 is 0 Å². The standard InChI is InChI=1S/C18H16N2/c1-12(2)14-5-4-6-15(9-14)16-7-8-18-17(10-16)13(3)19-11-20-18/h3-12H,1-2H3. The van der Waals surface area contributed by atoms with E-state index in [9.17, 15) is 0 Å². The fraction of sp³-hybridized carbons (Fsp3) is 0.167. The SMILES string of the molecule is [CH]c1ncnc2ccc(-c3cccc(C(C)C)c3)cc12. The Hall–Kier alpha value is -2.22. The summed E-state index contributed by atoms with van der Waals surface area (Å²) in [4.78, 5) is 8.29. The second-order valence-corrected chi connectivity index (χ2v) is 5.27. The molecule has 1 aromatic heterocycles. The average Bonchev–Trinajstić information content (AvgIpc) is 2.47. The van der Waals surface area contributed by atoms with Crippen molar-refractivity contribution < 1.29 is 0 Å². The molecule has 0 amide bonds. The molecular formula is C18H16N2. The number of hydrogen-bond donors (Lipinski definition) is 0.